The molecule has 0 unspecified atom stereocenters. The maximum Gasteiger partial charge on any atom is 0.364 e. The summed E-state index contributed by atoms with van der Waals surface area (Å²) in [5.41, 5.74) is 0.264. The van der Waals surface area contributed by atoms with E-state index >= 15 is 0 Å². The molecule has 1 nitrogen and oxygen atoms in total. The summed E-state index contributed by atoms with van der Waals surface area (Å²) in [6, 6.07) is 6.02. The van der Waals surface area contributed by atoms with Crippen molar-refractivity contribution in [2.45, 2.75) is 18.8 Å². The quantitative estimate of drug-likeness (QED) is 0.778. The molecule has 0 fully saturated rings. The van der Waals surface area contributed by atoms with E-state index in [-0.39, 0.29) is 5.56 Å². The normalized spacial score (nSPS) is 11.9. The fourth-order valence-corrected chi connectivity index (χ4v) is 1.52. The van der Waals surface area contributed by atoms with Gasteiger partial charge >= 0.3 is 12.3 Å². The monoisotopic (exact) mass is 298 g/mol. The second kappa shape index (κ2) is 4.95. The molecular formula is C10H7BrF4O. The molecule has 0 saturated carbocycles. The highest BCUT2D eigenvalue weighted by Gasteiger charge is 2.47. The molecule has 0 aliphatic carbocycles. The molecule has 0 heterocycles. The number of hydrogen-bond donors (Lipinski definition) is 0. The van der Waals surface area contributed by atoms with Crippen LogP contribution in [0.5, 0.6) is 0 Å². The lowest BCUT2D eigenvalue weighted by Crippen LogP contribution is -2.37. The molecule has 6 heteroatoms. The number of benzene rings is 1. The Labute approximate surface area is 97.6 Å². The third-order valence-electron chi connectivity index (χ3n) is 1.90. The SMILES string of the molecule is O=C(Cc1cccc(Br)c1)C(F)(F)C(F)F. The van der Waals surface area contributed by atoms with Crippen LogP contribution in [-0.4, -0.2) is 18.1 Å². The van der Waals surface area contributed by atoms with Gasteiger partial charge in [0.05, 0.1) is 0 Å². The van der Waals surface area contributed by atoms with E-state index in [4.69, 9.17) is 0 Å². The predicted molar refractivity (Wildman–Crippen MR) is 53.8 cm³/mol. The van der Waals surface area contributed by atoms with Crippen molar-refractivity contribution in [1.29, 1.82) is 0 Å². The number of hydrogen-bond acceptors (Lipinski definition) is 1. The van der Waals surface area contributed by atoms with E-state index in [9.17, 15) is 22.4 Å². The Morgan fingerprint density at radius 2 is 2.00 bits per heavy atom. The Balaban J connectivity index is 2.79. The van der Waals surface area contributed by atoms with Crippen LogP contribution in [0, 0.1) is 0 Å². The van der Waals surface area contributed by atoms with Crippen molar-refractivity contribution in [1.82, 2.24) is 0 Å². The van der Waals surface area contributed by atoms with Crippen LogP contribution >= 0.6 is 15.9 Å². The highest BCUT2D eigenvalue weighted by Crippen LogP contribution is 2.25. The van der Waals surface area contributed by atoms with Crippen LogP contribution < -0.4 is 0 Å². The van der Waals surface area contributed by atoms with E-state index < -0.39 is 24.6 Å². The molecule has 0 aromatic heterocycles. The number of carbonyl (C=O) groups excluding carboxylic acids is 1. The molecule has 88 valence electrons. The van der Waals surface area contributed by atoms with Crippen LogP contribution in [0.3, 0.4) is 0 Å². The highest BCUT2D eigenvalue weighted by molar-refractivity contribution is 9.10. The summed E-state index contributed by atoms with van der Waals surface area (Å²) in [6.07, 6.45) is -4.68. The first kappa shape index (κ1) is 13.2. The first-order chi connectivity index (χ1) is 7.34. The Hall–Kier alpha value is -0.910. The highest BCUT2D eigenvalue weighted by atomic mass is 79.9. The number of rotatable bonds is 4. The fourth-order valence-electron chi connectivity index (χ4n) is 1.07. The van der Waals surface area contributed by atoms with Crippen molar-refractivity contribution in [2.75, 3.05) is 0 Å². The third-order valence-corrected chi connectivity index (χ3v) is 2.39. The predicted octanol–water partition coefficient (Wildman–Crippen LogP) is 3.46. The van der Waals surface area contributed by atoms with Gasteiger partial charge in [0.2, 0.25) is 5.78 Å². The molecule has 0 amide bonds. The van der Waals surface area contributed by atoms with Crippen molar-refractivity contribution in [3.8, 4) is 0 Å². The van der Waals surface area contributed by atoms with Gasteiger partial charge in [0.1, 0.15) is 0 Å². The maximum atomic E-state index is 12.6. The lowest BCUT2D eigenvalue weighted by atomic mass is 10.1. The lowest BCUT2D eigenvalue weighted by Gasteiger charge is -2.13. The van der Waals surface area contributed by atoms with Gasteiger partial charge in [0.15, 0.2) is 0 Å². The number of Topliss-reactive ketones (excluding diaryl/α,β-unsaturated/α-hetero) is 1. The molecular weight excluding hydrogens is 292 g/mol. The number of alkyl halides is 4. The van der Waals surface area contributed by atoms with Gasteiger partial charge in [-0.2, -0.15) is 8.78 Å². The second-order valence-corrected chi connectivity index (χ2v) is 4.07. The Kier molecular flexibility index (Phi) is 4.07. The fraction of sp³-hybridized carbons (Fsp3) is 0.300. The third kappa shape index (κ3) is 3.04. The molecule has 0 bridgehead atoms. The van der Waals surface area contributed by atoms with E-state index in [0.29, 0.717) is 4.47 Å². The molecule has 0 aliphatic heterocycles. The zero-order valence-electron chi connectivity index (χ0n) is 7.89. The van der Waals surface area contributed by atoms with Crippen molar-refractivity contribution >= 4 is 21.7 Å². The van der Waals surface area contributed by atoms with E-state index in [1.165, 1.54) is 18.2 Å². The minimum Gasteiger partial charge on any atom is -0.292 e. The number of ketones is 1. The Bertz CT molecular complexity index is 392. The standard InChI is InChI=1S/C10H7BrF4O/c11-7-3-1-2-6(4-7)5-8(16)10(14,15)9(12)13/h1-4,9H,5H2. The molecule has 0 aliphatic rings. The van der Waals surface area contributed by atoms with Crippen LogP contribution in [0.2, 0.25) is 0 Å². The molecule has 0 saturated heterocycles. The average molecular weight is 299 g/mol. The first-order valence-corrected chi connectivity index (χ1v) is 5.07. The van der Waals surface area contributed by atoms with Crippen LogP contribution in [0.15, 0.2) is 28.7 Å². The first-order valence-electron chi connectivity index (χ1n) is 4.27. The summed E-state index contributed by atoms with van der Waals surface area (Å²) in [5, 5.41) is 0. The minimum absolute atomic E-state index is 0.264. The van der Waals surface area contributed by atoms with Gasteiger partial charge in [0, 0.05) is 10.9 Å². The van der Waals surface area contributed by atoms with Gasteiger partial charge in [-0.25, -0.2) is 8.78 Å². The molecule has 0 N–H and O–H groups in total. The summed E-state index contributed by atoms with van der Waals surface area (Å²) in [5.74, 6) is -6.36. The largest absolute Gasteiger partial charge is 0.364 e. The Morgan fingerprint density at radius 3 is 2.50 bits per heavy atom. The van der Waals surface area contributed by atoms with Gasteiger partial charge in [-0.3, -0.25) is 4.79 Å². The molecule has 1 rings (SSSR count). The van der Waals surface area contributed by atoms with E-state index in [1.807, 2.05) is 0 Å². The van der Waals surface area contributed by atoms with Crippen molar-refractivity contribution in [3.05, 3.63) is 34.3 Å². The maximum absolute atomic E-state index is 12.6. The second-order valence-electron chi connectivity index (χ2n) is 3.15. The average Bonchev–Trinajstić information content (AvgIpc) is 2.17. The molecule has 16 heavy (non-hydrogen) atoms. The van der Waals surface area contributed by atoms with E-state index in [2.05, 4.69) is 15.9 Å². The van der Waals surface area contributed by atoms with Gasteiger partial charge in [0.25, 0.3) is 0 Å². The number of halogens is 5. The molecule has 1 aromatic carbocycles. The van der Waals surface area contributed by atoms with Crippen LogP contribution in [0.25, 0.3) is 0 Å². The van der Waals surface area contributed by atoms with Crippen molar-refractivity contribution < 1.29 is 22.4 Å². The zero-order chi connectivity index (χ0) is 12.3. The molecule has 0 atom stereocenters. The van der Waals surface area contributed by atoms with Gasteiger partial charge < -0.3 is 0 Å². The zero-order valence-corrected chi connectivity index (χ0v) is 9.48. The topological polar surface area (TPSA) is 17.1 Å². The summed E-state index contributed by atoms with van der Waals surface area (Å²) in [4.78, 5) is 10.9. The molecule has 0 spiro atoms. The molecule has 0 radical (unpaired) electrons. The smallest absolute Gasteiger partial charge is 0.292 e. The van der Waals surface area contributed by atoms with Crippen LogP contribution in [0.4, 0.5) is 17.6 Å². The van der Waals surface area contributed by atoms with Crippen molar-refractivity contribution in [3.63, 3.8) is 0 Å². The van der Waals surface area contributed by atoms with Crippen molar-refractivity contribution in [2.24, 2.45) is 0 Å². The van der Waals surface area contributed by atoms with Crippen LogP contribution in [0.1, 0.15) is 5.56 Å². The minimum atomic E-state index is -4.58. The van der Waals surface area contributed by atoms with Gasteiger partial charge in [-0.15, -0.1) is 0 Å². The van der Waals surface area contributed by atoms with E-state index in [0.717, 1.165) is 0 Å². The summed E-state index contributed by atoms with van der Waals surface area (Å²) >= 11 is 3.08. The van der Waals surface area contributed by atoms with Gasteiger partial charge in [-0.05, 0) is 17.7 Å². The summed E-state index contributed by atoms with van der Waals surface area (Å²) in [6.45, 7) is 0. The summed E-state index contributed by atoms with van der Waals surface area (Å²) in [7, 11) is 0. The van der Waals surface area contributed by atoms with Gasteiger partial charge in [-0.1, -0.05) is 28.1 Å². The lowest BCUT2D eigenvalue weighted by molar-refractivity contribution is -0.166. The summed E-state index contributed by atoms with van der Waals surface area (Å²) < 4.78 is 49.6. The number of carbonyl (C=O) groups is 1. The molecule has 1 aromatic rings. The Morgan fingerprint density at radius 1 is 1.38 bits per heavy atom. The van der Waals surface area contributed by atoms with Crippen LogP contribution in [-0.2, 0) is 11.2 Å². The van der Waals surface area contributed by atoms with E-state index in [1.54, 1.807) is 6.07 Å².